The summed E-state index contributed by atoms with van der Waals surface area (Å²) in [4.78, 5) is 13.3. The number of fused-ring (bicyclic) bond motifs is 2. The average Bonchev–Trinajstić information content (AvgIpc) is 2.25. The summed E-state index contributed by atoms with van der Waals surface area (Å²) in [6, 6.07) is 0. The first-order valence-corrected chi connectivity index (χ1v) is 5.50. The van der Waals surface area contributed by atoms with Gasteiger partial charge in [0.25, 0.3) is 0 Å². The molecule has 2 aliphatic rings. The number of amides is 1. The lowest BCUT2D eigenvalue weighted by Gasteiger charge is -2.44. The minimum absolute atomic E-state index is 0.0174. The number of aliphatic hydroxyl groups excluding tert-OH is 1. The third kappa shape index (κ3) is 2.20. The summed E-state index contributed by atoms with van der Waals surface area (Å²) >= 11 is 0. The van der Waals surface area contributed by atoms with Crippen molar-refractivity contribution in [3.05, 3.63) is 12.7 Å². The largest absolute Gasteiger partial charge is 0.445 e. The lowest BCUT2D eigenvalue weighted by molar-refractivity contribution is -0.118. The van der Waals surface area contributed by atoms with Crippen molar-refractivity contribution in [2.24, 2.45) is 11.8 Å². The van der Waals surface area contributed by atoms with Gasteiger partial charge in [-0.15, -0.1) is 0 Å². The summed E-state index contributed by atoms with van der Waals surface area (Å²) in [6.45, 7) is 5.77. The standard InChI is InChI=1S/C11H17NO4/c1-2-3-16-11(14)12-4-8-6-15-7-9(5-12)10(8)13/h2,8-10,13H,1,3-7H2. The van der Waals surface area contributed by atoms with Crippen LogP contribution >= 0.6 is 0 Å². The van der Waals surface area contributed by atoms with E-state index in [1.807, 2.05) is 0 Å². The lowest BCUT2D eigenvalue weighted by Crippen LogP contribution is -2.56. The number of rotatable bonds is 2. The highest BCUT2D eigenvalue weighted by atomic mass is 16.6. The molecule has 90 valence electrons. The van der Waals surface area contributed by atoms with Crippen LogP contribution in [0.5, 0.6) is 0 Å². The summed E-state index contributed by atoms with van der Waals surface area (Å²) < 4.78 is 10.3. The Balaban J connectivity index is 1.93. The molecule has 2 unspecified atom stereocenters. The Morgan fingerprint density at radius 1 is 1.50 bits per heavy atom. The second kappa shape index (κ2) is 4.84. The van der Waals surface area contributed by atoms with Crippen LogP contribution in [0, 0.1) is 11.8 Å². The van der Waals surface area contributed by atoms with E-state index in [0.29, 0.717) is 26.3 Å². The molecule has 2 bridgehead atoms. The van der Waals surface area contributed by atoms with Gasteiger partial charge >= 0.3 is 6.09 Å². The molecular formula is C11H17NO4. The van der Waals surface area contributed by atoms with Gasteiger partial charge in [-0.3, -0.25) is 0 Å². The Morgan fingerprint density at radius 3 is 2.69 bits per heavy atom. The van der Waals surface area contributed by atoms with Crippen molar-refractivity contribution in [1.82, 2.24) is 4.90 Å². The predicted molar refractivity (Wildman–Crippen MR) is 56.9 cm³/mol. The Bertz CT molecular complexity index is 267. The molecule has 1 N–H and O–H groups in total. The minimum atomic E-state index is -0.350. The van der Waals surface area contributed by atoms with Crippen molar-refractivity contribution < 1.29 is 19.4 Å². The molecule has 2 heterocycles. The number of carbonyl (C=O) groups is 1. The van der Waals surface area contributed by atoms with Crippen molar-refractivity contribution in [1.29, 1.82) is 0 Å². The first-order valence-electron chi connectivity index (χ1n) is 5.50. The highest BCUT2D eigenvalue weighted by molar-refractivity contribution is 5.68. The summed E-state index contributed by atoms with van der Waals surface area (Å²) in [5, 5.41) is 9.89. The van der Waals surface area contributed by atoms with Gasteiger partial charge in [0, 0.05) is 24.9 Å². The van der Waals surface area contributed by atoms with Crippen LogP contribution in [0.2, 0.25) is 0 Å². The molecule has 16 heavy (non-hydrogen) atoms. The highest BCUT2D eigenvalue weighted by Gasteiger charge is 2.41. The van der Waals surface area contributed by atoms with Gasteiger partial charge in [-0.1, -0.05) is 12.7 Å². The molecule has 0 aromatic carbocycles. The molecule has 5 heteroatoms. The monoisotopic (exact) mass is 227 g/mol. The molecular weight excluding hydrogens is 210 g/mol. The van der Waals surface area contributed by atoms with Gasteiger partial charge in [-0.25, -0.2) is 4.79 Å². The van der Waals surface area contributed by atoms with E-state index >= 15 is 0 Å². The Hall–Kier alpha value is -1.07. The van der Waals surface area contributed by atoms with E-state index in [1.165, 1.54) is 0 Å². The fourth-order valence-corrected chi connectivity index (χ4v) is 2.29. The van der Waals surface area contributed by atoms with Gasteiger partial charge in [-0.2, -0.15) is 0 Å². The molecule has 5 nitrogen and oxygen atoms in total. The van der Waals surface area contributed by atoms with Gasteiger partial charge in [0.15, 0.2) is 0 Å². The molecule has 0 saturated carbocycles. The van der Waals surface area contributed by atoms with Crippen molar-refractivity contribution >= 4 is 6.09 Å². The number of hydrogen-bond donors (Lipinski definition) is 1. The molecule has 2 rings (SSSR count). The third-order valence-corrected chi connectivity index (χ3v) is 3.12. The smallest absolute Gasteiger partial charge is 0.410 e. The zero-order chi connectivity index (χ0) is 11.5. The summed E-state index contributed by atoms with van der Waals surface area (Å²) in [5.41, 5.74) is 0. The Morgan fingerprint density at radius 2 is 2.12 bits per heavy atom. The van der Waals surface area contributed by atoms with E-state index in [1.54, 1.807) is 11.0 Å². The fraction of sp³-hybridized carbons (Fsp3) is 0.727. The van der Waals surface area contributed by atoms with Crippen LogP contribution < -0.4 is 0 Å². The molecule has 2 atom stereocenters. The maximum absolute atomic E-state index is 11.6. The molecule has 0 spiro atoms. The zero-order valence-corrected chi connectivity index (χ0v) is 9.17. The van der Waals surface area contributed by atoms with E-state index in [9.17, 15) is 9.90 Å². The number of piperidine rings is 1. The van der Waals surface area contributed by atoms with Crippen molar-refractivity contribution in [3.8, 4) is 0 Å². The van der Waals surface area contributed by atoms with Gasteiger partial charge in [0.2, 0.25) is 0 Å². The number of likely N-dealkylation sites (tertiary alicyclic amines) is 1. The minimum Gasteiger partial charge on any atom is -0.445 e. The molecule has 2 aliphatic heterocycles. The van der Waals surface area contributed by atoms with Gasteiger partial charge in [-0.05, 0) is 0 Å². The Kier molecular flexibility index (Phi) is 3.46. The first-order chi connectivity index (χ1) is 7.72. The number of hydrogen-bond acceptors (Lipinski definition) is 4. The second-order valence-corrected chi connectivity index (χ2v) is 4.32. The molecule has 2 saturated heterocycles. The molecule has 0 aromatic heterocycles. The Labute approximate surface area is 94.6 Å². The van der Waals surface area contributed by atoms with Crippen LogP contribution in [-0.2, 0) is 9.47 Å². The van der Waals surface area contributed by atoms with Crippen LogP contribution in [0.1, 0.15) is 0 Å². The normalized spacial score (nSPS) is 33.3. The van der Waals surface area contributed by atoms with Gasteiger partial charge in [0.1, 0.15) is 6.61 Å². The topological polar surface area (TPSA) is 59.0 Å². The van der Waals surface area contributed by atoms with Crippen LogP contribution in [0.4, 0.5) is 4.79 Å². The predicted octanol–water partition coefficient (Wildman–Crippen LogP) is 0.248. The van der Waals surface area contributed by atoms with Gasteiger partial charge < -0.3 is 19.5 Å². The van der Waals surface area contributed by atoms with Crippen LogP contribution in [0.3, 0.4) is 0 Å². The number of aliphatic hydroxyl groups is 1. The lowest BCUT2D eigenvalue weighted by atomic mass is 9.85. The molecule has 0 radical (unpaired) electrons. The molecule has 2 fully saturated rings. The fourth-order valence-electron chi connectivity index (χ4n) is 2.29. The molecule has 0 aliphatic carbocycles. The van der Waals surface area contributed by atoms with E-state index in [4.69, 9.17) is 9.47 Å². The summed E-state index contributed by atoms with van der Waals surface area (Å²) in [6.07, 6.45) is 0.863. The number of ether oxygens (including phenoxy) is 2. The molecule has 1 amide bonds. The van der Waals surface area contributed by atoms with Crippen LogP contribution in [0.25, 0.3) is 0 Å². The SMILES string of the molecule is C=CCOC(=O)N1CC2COCC(C1)C2O. The quantitative estimate of drug-likeness (QED) is 0.687. The number of nitrogens with zero attached hydrogens (tertiary/aromatic N) is 1. The summed E-state index contributed by atoms with van der Waals surface area (Å²) in [5.74, 6) is 0.0348. The van der Waals surface area contributed by atoms with Crippen LogP contribution in [0.15, 0.2) is 12.7 Å². The van der Waals surface area contributed by atoms with E-state index in [-0.39, 0.29) is 30.6 Å². The van der Waals surface area contributed by atoms with E-state index in [0.717, 1.165) is 0 Å². The first kappa shape index (κ1) is 11.4. The van der Waals surface area contributed by atoms with Crippen molar-refractivity contribution in [3.63, 3.8) is 0 Å². The van der Waals surface area contributed by atoms with Crippen LogP contribution in [-0.4, -0.2) is 55.1 Å². The van der Waals surface area contributed by atoms with Crippen molar-refractivity contribution in [2.75, 3.05) is 32.9 Å². The third-order valence-electron chi connectivity index (χ3n) is 3.12. The van der Waals surface area contributed by atoms with E-state index in [2.05, 4.69) is 6.58 Å². The average molecular weight is 227 g/mol. The molecule has 0 aromatic rings. The van der Waals surface area contributed by atoms with Gasteiger partial charge in [0.05, 0.1) is 19.3 Å². The zero-order valence-electron chi connectivity index (χ0n) is 9.17. The highest BCUT2D eigenvalue weighted by Crippen LogP contribution is 2.27. The second-order valence-electron chi connectivity index (χ2n) is 4.32. The summed E-state index contributed by atoms with van der Waals surface area (Å²) in [7, 11) is 0. The maximum atomic E-state index is 11.6. The number of carbonyl (C=O) groups excluding carboxylic acids is 1. The van der Waals surface area contributed by atoms with E-state index < -0.39 is 0 Å². The van der Waals surface area contributed by atoms with Crippen molar-refractivity contribution in [2.45, 2.75) is 6.10 Å². The maximum Gasteiger partial charge on any atom is 0.410 e.